The minimum atomic E-state index is -0.228. The first-order valence-corrected chi connectivity index (χ1v) is 11.0. The van der Waals surface area contributed by atoms with Crippen LogP contribution in [0.25, 0.3) is 0 Å². The number of pyridine rings is 1. The van der Waals surface area contributed by atoms with E-state index in [0.29, 0.717) is 25.6 Å². The molecule has 4 rings (SSSR count). The smallest absolute Gasteiger partial charge is 0.409 e. The first-order valence-electron chi connectivity index (χ1n) is 11.0. The van der Waals surface area contributed by atoms with Gasteiger partial charge >= 0.3 is 6.09 Å². The Bertz CT molecular complexity index is 755. The predicted octanol–water partition coefficient (Wildman–Crippen LogP) is 2.25. The average Bonchev–Trinajstić information content (AvgIpc) is 2.76. The van der Waals surface area contributed by atoms with Gasteiger partial charge in [0.1, 0.15) is 12.4 Å². The fourth-order valence-corrected chi connectivity index (χ4v) is 5.09. The van der Waals surface area contributed by atoms with Crippen LogP contribution in [0, 0.1) is 5.92 Å². The van der Waals surface area contributed by atoms with Crippen molar-refractivity contribution in [3.63, 3.8) is 0 Å². The molecular weight excluding hydrogens is 384 g/mol. The van der Waals surface area contributed by atoms with Crippen LogP contribution in [0.2, 0.25) is 0 Å². The van der Waals surface area contributed by atoms with Crippen LogP contribution in [-0.2, 0) is 19.7 Å². The van der Waals surface area contributed by atoms with Crippen molar-refractivity contribution in [3.8, 4) is 0 Å². The zero-order valence-corrected chi connectivity index (χ0v) is 17.8. The molecule has 0 bridgehead atoms. The highest BCUT2D eigenvalue weighted by molar-refractivity contribution is 5.94. The van der Waals surface area contributed by atoms with E-state index in [0.717, 1.165) is 64.2 Å². The first kappa shape index (κ1) is 21.1. The minimum absolute atomic E-state index is 0.0717. The van der Waals surface area contributed by atoms with Crippen molar-refractivity contribution in [2.45, 2.75) is 37.5 Å². The molecule has 1 aromatic heterocycles. The summed E-state index contributed by atoms with van der Waals surface area (Å²) in [5.74, 6) is 1.43. The van der Waals surface area contributed by atoms with Crippen LogP contribution in [0.4, 0.5) is 10.6 Å². The number of aromatic nitrogens is 1. The molecule has 1 spiro atoms. The Labute approximate surface area is 177 Å². The predicted molar refractivity (Wildman–Crippen MR) is 112 cm³/mol. The van der Waals surface area contributed by atoms with Gasteiger partial charge in [0, 0.05) is 50.3 Å². The van der Waals surface area contributed by atoms with Gasteiger partial charge in [-0.05, 0) is 50.8 Å². The summed E-state index contributed by atoms with van der Waals surface area (Å²) < 4.78 is 10.1. The Morgan fingerprint density at radius 3 is 2.73 bits per heavy atom. The van der Waals surface area contributed by atoms with Gasteiger partial charge in [0.15, 0.2) is 0 Å². The summed E-state index contributed by atoms with van der Waals surface area (Å²) in [6.07, 6.45) is 6.07. The van der Waals surface area contributed by atoms with Gasteiger partial charge in [-0.2, -0.15) is 0 Å². The van der Waals surface area contributed by atoms with Gasteiger partial charge in [-0.1, -0.05) is 6.07 Å². The highest BCUT2D eigenvalue weighted by atomic mass is 16.6. The molecule has 0 atom stereocenters. The molecule has 8 nitrogen and oxygen atoms in total. The number of fused-ring (bicyclic) bond motifs is 2. The molecule has 2 amide bonds. The molecule has 0 aliphatic carbocycles. The SMILES string of the molecule is COCCOC(=O)N1CCC(CN2CCC3(CC2)CC(=O)Nc2ncccc23)CC1. The van der Waals surface area contributed by atoms with E-state index in [4.69, 9.17) is 9.47 Å². The topological polar surface area (TPSA) is 84.0 Å². The number of nitrogens with one attached hydrogen (secondary N) is 1. The highest BCUT2D eigenvalue weighted by Gasteiger charge is 2.43. The van der Waals surface area contributed by atoms with Crippen molar-refractivity contribution in [1.82, 2.24) is 14.8 Å². The second kappa shape index (κ2) is 9.31. The number of hydrogen-bond acceptors (Lipinski definition) is 6. The zero-order valence-electron chi connectivity index (χ0n) is 17.8. The summed E-state index contributed by atoms with van der Waals surface area (Å²) in [5, 5.41) is 2.92. The van der Waals surface area contributed by atoms with Crippen LogP contribution in [0.1, 0.15) is 37.7 Å². The summed E-state index contributed by atoms with van der Waals surface area (Å²) >= 11 is 0. The summed E-state index contributed by atoms with van der Waals surface area (Å²) in [5.41, 5.74) is 1.13. The second-order valence-electron chi connectivity index (χ2n) is 8.74. The van der Waals surface area contributed by atoms with Gasteiger partial charge in [-0.3, -0.25) is 4.79 Å². The number of nitrogens with zero attached hydrogens (tertiary/aromatic N) is 3. The van der Waals surface area contributed by atoms with Crippen LogP contribution in [0.5, 0.6) is 0 Å². The maximum Gasteiger partial charge on any atom is 0.409 e. The third-order valence-corrected chi connectivity index (χ3v) is 6.85. The Balaban J connectivity index is 1.25. The molecule has 1 N–H and O–H groups in total. The largest absolute Gasteiger partial charge is 0.447 e. The van der Waals surface area contributed by atoms with E-state index in [1.165, 1.54) is 5.56 Å². The number of hydrogen-bond donors (Lipinski definition) is 1. The molecule has 0 aromatic carbocycles. The van der Waals surface area contributed by atoms with Crippen LogP contribution in [-0.4, -0.2) is 79.8 Å². The van der Waals surface area contributed by atoms with Gasteiger partial charge < -0.3 is 24.6 Å². The van der Waals surface area contributed by atoms with Crippen molar-refractivity contribution >= 4 is 17.8 Å². The van der Waals surface area contributed by atoms with Crippen LogP contribution < -0.4 is 5.32 Å². The van der Waals surface area contributed by atoms with Crippen molar-refractivity contribution < 1.29 is 19.1 Å². The standard InChI is InChI=1S/C22H32N4O4/c1-29-13-14-30-21(28)26-9-4-17(5-10-26)16-25-11-6-22(7-12-25)15-19(27)24-20-18(22)3-2-8-23-20/h2-3,8,17H,4-7,9-16H2,1H3,(H,23,24,27). The summed E-state index contributed by atoms with van der Waals surface area (Å²) in [7, 11) is 1.60. The Kier molecular flexibility index (Phi) is 6.53. The maximum absolute atomic E-state index is 12.3. The van der Waals surface area contributed by atoms with Gasteiger partial charge in [0.05, 0.1) is 6.61 Å². The number of carbonyl (C=O) groups excluding carboxylic acids is 2. The van der Waals surface area contributed by atoms with E-state index in [1.807, 2.05) is 11.0 Å². The van der Waals surface area contributed by atoms with E-state index in [2.05, 4.69) is 21.3 Å². The first-order chi connectivity index (χ1) is 14.6. The third-order valence-electron chi connectivity index (χ3n) is 6.85. The Hall–Kier alpha value is -2.19. The lowest BCUT2D eigenvalue weighted by molar-refractivity contribution is -0.118. The third kappa shape index (κ3) is 4.59. The molecule has 2 fully saturated rings. The molecule has 164 valence electrons. The lowest BCUT2D eigenvalue weighted by Gasteiger charge is -2.45. The van der Waals surface area contributed by atoms with Crippen LogP contribution in [0.3, 0.4) is 0 Å². The monoisotopic (exact) mass is 416 g/mol. The average molecular weight is 417 g/mol. The Morgan fingerprint density at radius 1 is 1.23 bits per heavy atom. The second-order valence-corrected chi connectivity index (χ2v) is 8.74. The summed E-state index contributed by atoms with van der Waals surface area (Å²) in [4.78, 5) is 33.0. The minimum Gasteiger partial charge on any atom is -0.447 e. The highest BCUT2D eigenvalue weighted by Crippen LogP contribution is 2.44. The van der Waals surface area contributed by atoms with E-state index < -0.39 is 0 Å². The summed E-state index contributed by atoms with van der Waals surface area (Å²) in [6, 6.07) is 4.09. The fraction of sp³-hybridized carbons (Fsp3) is 0.682. The molecule has 0 unspecified atom stereocenters. The van der Waals surface area contributed by atoms with Crippen molar-refractivity contribution in [1.29, 1.82) is 0 Å². The number of rotatable bonds is 5. The molecule has 30 heavy (non-hydrogen) atoms. The van der Waals surface area contributed by atoms with Crippen molar-refractivity contribution in [3.05, 3.63) is 23.9 Å². The number of amides is 2. The molecule has 3 aliphatic rings. The van der Waals surface area contributed by atoms with Gasteiger partial charge in [0.25, 0.3) is 0 Å². The van der Waals surface area contributed by atoms with E-state index in [1.54, 1.807) is 13.3 Å². The summed E-state index contributed by atoms with van der Waals surface area (Å²) in [6.45, 7) is 5.32. The van der Waals surface area contributed by atoms with E-state index in [9.17, 15) is 9.59 Å². The van der Waals surface area contributed by atoms with Gasteiger partial charge in [-0.15, -0.1) is 0 Å². The quantitative estimate of drug-likeness (QED) is 0.742. The fourth-order valence-electron chi connectivity index (χ4n) is 5.09. The molecular formula is C22H32N4O4. The molecule has 0 radical (unpaired) electrons. The van der Waals surface area contributed by atoms with E-state index >= 15 is 0 Å². The molecule has 3 aliphatic heterocycles. The van der Waals surface area contributed by atoms with Gasteiger partial charge in [-0.25, -0.2) is 9.78 Å². The van der Waals surface area contributed by atoms with Crippen molar-refractivity contribution in [2.75, 3.05) is 58.4 Å². The normalized spacial score (nSPS) is 21.9. The lowest BCUT2D eigenvalue weighted by Crippen LogP contribution is -2.49. The van der Waals surface area contributed by atoms with Crippen LogP contribution >= 0.6 is 0 Å². The molecule has 4 heterocycles. The number of anilines is 1. The van der Waals surface area contributed by atoms with Gasteiger partial charge in [0.2, 0.25) is 5.91 Å². The molecule has 1 aromatic rings. The number of carbonyl (C=O) groups is 2. The number of ether oxygens (including phenoxy) is 2. The van der Waals surface area contributed by atoms with Crippen LogP contribution in [0.15, 0.2) is 18.3 Å². The number of piperidine rings is 2. The Morgan fingerprint density at radius 2 is 2.00 bits per heavy atom. The zero-order chi connectivity index (χ0) is 21.0. The molecule has 8 heteroatoms. The lowest BCUT2D eigenvalue weighted by atomic mass is 9.69. The molecule has 0 saturated carbocycles. The number of likely N-dealkylation sites (tertiary alicyclic amines) is 2. The maximum atomic E-state index is 12.3. The molecule has 2 saturated heterocycles. The van der Waals surface area contributed by atoms with E-state index in [-0.39, 0.29) is 17.4 Å². The number of methoxy groups -OCH3 is 1. The van der Waals surface area contributed by atoms with Crippen molar-refractivity contribution in [2.24, 2.45) is 5.92 Å².